The number of hydrogen-bond donors (Lipinski definition) is 2. The summed E-state index contributed by atoms with van der Waals surface area (Å²) in [6.45, 7) is 7.60. The number of thioether (sulfide) groups is 1. The van der Waals surface area contributed by atoms with E-state index >= 15 is 0 Å². The third kappa shape index (κ3) is 4.20. The Morgan fingerprint density at radius 2 is 2.24 bits per heavy atom. The summed E-state index contributed by atoms with van der Waals surface area (Å²) < 4.78 is 1.54. The van der Waals surface area contributed by atoms with Crippen LogP contribution in [0, 0.1) is 5.92 Å². The van der Waals surface area contributed by atoms with Gasteiger partial charge in [0.05, 0.1) is 0 Å². The van der Waals surface area contributed by atoms with E-state index in [-0.39, 0.29) is 5.69 Å². The van der Waals surface area contributed by atoms with Gasteiger partial charge in [-0.15, -0.1) is 5.10 Å². The predicted molar refractivity (Wildman–Crippen MR) is 71.5 cm³/mol. The lowest BCUT2D eigenvalue weighted by atomic mass is 10.1. The second-order valence-corrected chi connectivity index (χ2v) is 5.47. The van der Waals surface area contributed by atoms with Crippen LogP contribution in [0.3, 0.4) is 0 Å². The zero-order valence-electron chi connectivity index (χ0n) is 11.0. The summed E-state index contributed by atoms with van der Waals surface area (Å²) in [7, 11) is 1.73. The summed E-state index contributed by atoms with van der Waals surface area (Å²) >= 11 is 1.61. The third-order valence-corrected chi connectivity index (χ3v) is 3.84. The van der Waals surface area contributed by atoms with Crippen molar-refractivity contribution in [1.29, 1.82) is 0 Å². The lowest BCUT2D eigenvalue weighted by Crippen LogP contribution is -2.36. The van der Waals surface area contributed by atoms with Gasteiger partial charge in [-0.2, -0.15) is 0 Å². The Morgan fingerprint density at radius 1 is 1.53 bits per heavy atom. The van der Waals surface area contributed by atoms with E-state index in [0.717, 1.165) is 23.9 Å². The third-order valence-electron chi connectivity index (χ3n) is 2.69. The van der Waals surface area contributed by atoms with Gasteiger partial charge in [-0.25, -0.2) is 9.89 Å². The van der Waals surface area contributed by atoms with Gasteiger partial charge in [-0.05, 0) is 18.9 Å². The molecule has 0 aliphatic rings. The average Bonchev–Trinajstić information content (AvgIpc) is 2.60. The van der Waals surface area contributed by atoms with Gasteiger partial charge in [0.15, 0.2) is 5.16 Å². The molecule has 1 atom stereocenters. The van der Waals surface area contributed by atoms with Gasteiger partial charge in [-0.3, -0.25) is 4.57 Å². The minimum absolute atomic E-state index is 0.157. The molecule has 1 aromatic heterocycles. The second kappa shape index (κ2) is 6.86. The van der Waals surface area contributed by atoms with Gasteiger partial charge in [0.1, 0.15) is 0 Å². The summed E-state index contributed by atoms with van der Waals surface area (Å²) in [4.78, 5) is 11.2. The standard InChI is InChI=1S/C11H22N4OS/c1-5-6-12-9(8(2)3)7-17-11-14-13-10(16)15(11)4/h8-9,12H,5-7H2,1-4H3,(H,13,16). The van der Waals surface area contributed by atoms with E-state index < -0.39 is 0 Å². The fourth-order valence-electron chi connectivity index (χ4n) is 1.44. The smallest absolute Gasteiger partial charge is 0.313 e. The zero-order valence-corrected chi connectivity index (χ0v) is 11.8. The number of rotatable bonds is 7. The predicted octanol–water partition coefficient (Wildman–Crippen LogP) is 1.22. The first-order chi connectivity index (χ1) is 8.06. The van der Waals surface area contributed by atoms with Crippen molar-refractivity contribution < 1.29 is 0 Å². The monoisotopic (exact) mass is 258 g/mol. The summed E-state index contributed by atoms with van der Waals surface area (Å²) in [5.74, 6) is 1.50. The maximum Gasteiger partial charge on any atom is 0.343 e. The highest BCUT2D eigenvalue weighted by atomic mass is 32.2. The van der Waals surface area contributed by atoms with Crippen molar-refractivity contribution in [3.63, 3.8) is 0 Å². The Morgan fingerprint density at radius 3 is 2.71 bits per heavy atom. The van der Waals surface area contributed by atoms with Crippen molar-refractivity contribution in [2.45, 2.75) is 38.4 Å². The van der Waals surface area contributed by atoms with Crippen LogP contribution in [0.2, 0.25) is 0 Å². The van der Waals surface area contributed by atoms with Gasteiger partial charge in [0.2, 0.25) is 0 Å². The van der Waals surface area contributed by atoms with E-state index in [1.54, 1.807) is 23.4 Å². The molecular formula is C11H22N4OS. The van der Waals surface area contributed by atoms with E-state index in [1.165, 1.54) is 0 Å². The summed E-state index contributed by atoms with van der Waals surface area (Å²) in [6, 6.07) is 0.451. The number of H-pyrrole nitrogens is 1. The minimum Gasteiger partial charge on any atom is -0.313 e. The molecule has 0 saturated carbocycles. The topological polar surface area (TPSA) is 62.7 Å². The molecular weight excluding hydrogens is 236 g/mol. The molecule has 0 bridgehead atoms. The number of aromatic amines is 1. The fraction of sp³-hybridized carbons (Fsp3) is 0.818. The SMILES string of the molecule is CCCNC(CSc1n[nH]c(=O)n1C)C(C)C. The Kier molecular flexibility index (Phi) is 5.77. The van der Waals surface area contributed by atoms with Crippen LogP contribution in [-0.2, 0) is 7.05 Å². The van der Waals surface area contributed by atoms with Crippen molar-refractivity contribution in [3.8, 4) is 0 Å². The van der Waals surface area contributed by atoms with Gasteiger partial charge in [0, 0.05) is 18.8 Å². The van der Waals surface area contributed by atoms with Crippen LogP contribution in [0.25, 0.3) is 0 Å². The zero-order chi connectivity index (χ0) is 12.8. The fourth-order valence-corrected chi connectivity index (χ4v) is 2.66. The van der Waals surface area contributed by atoms with Gasteiger partial charge < -0.3 is 5.32 Å². The number of nitrogens with one attached hydrogen (secondary N) is 2. The largest absolute Gasteiger partial charge is 0.343 e. The van der Waals surface area contributed by atoms with Crippen LogP contribution in [0.5, 0.6) is 0 Å². The van der Waals surface area contributed by atoms with E-state index in [2.05, 4.69) is 36.3 Å². The van der Waals surface area contributed by atoms with Crippen molar-refractivity contribution in [2.75, 3.05) is 12.3 Å². The van der Waals surface area contributed by atoms with Crippen LogP contribution in [0.1, 0.15) is 27.2 Å². The molecule has 6 heteroatoms. The Balaban J connectivity index is 2.51. The van der Waals surface area contributed by atoms with Crippen LogP contribution in [-0.4, -0.2) is 33.1 Å². The highest BCUT2D eigenvalue weighted by Crippen LogP contribution is 2.16. The maximum absolute atomic E-state index is 11.2. The number of nitrogens with zero attached hydrogens (tertiary/aromatic N) is 2. The highest BCUT2D eigenvalue weighted by molar-refractivity contribution is 7.99. The first-order valence-corrected chi connectivity index (χ1v) is 7.02. The normalized spacial score (nSPS) is 13.2. The Labute approximate surface area is 106 Å². The number of hydrogen-bond acceptors (Lipinski definition) is 4. The molecule has 5 nitrogen and oxygen atoms in total. The summed E-state index contributed by atoms with van der Waals surface area (Å²) in [6.07, 6.45) is 1.13. The van der Waals surface area contributed by atoms with Crippen LogP contribution < -0.4 is 11.0 Å². The van der Waals surface area contributed by atoms with Crippen molar-refractivity contribution in [2.24, 2.45) is 13.0 Å². The number of aromatic nitrogens is 3. The Bertz CT molecular complexity index is 385. The second-order valence-electron chi connectivity index (χ2n) is 4.49. The average molecular weight is 258 g/mol. The molecule has 1 aromatic rings. The van der Waals surface area contributed by atoms with Crippen LogP contribution in [0.4, 0.5) is 0 Å². The Hall–Kier alpha value is -0.750. The molecule has 0 radical (unpaired) electrons. The molecule has 0 amide bonds. The van der Waals surface area contributed by atoms with E-state index in [1.807, 2.05) is 0 Å². The molecule has 0 saturated heterocycles. The van der Waals surface area contributed by atoms with Crippen molar-refractivity contribution in [3.05, 3.63) is 10.5 Å². The summed E-state index contributed by atoms with van der Waals surface area (Å²) in [5.41, 5.74) is -0.157. The molecule has 0 spiro atoms. The molecule has 0 aliphatic heterocycles. The van der Waals surface area contributed by atoms with Crippen molar-refractivity contribution in [1.82, 2.24) is 20.1 Å². The van der Waals surface area contributed by atoms with Crippen molar-refractivity contribution >= 4 is 11.8 Å². The molecule has 0 aliphatic carbocycles. The lowest BCUT2D eigenvalue weighted by Gasteiger charge is -2.21. The van der Waals surface area contributed by atoms with Gasteiger partial charge in [-0.1, -0.05) is 32.5 Å². The minimum atomic E-state index is -0.157. The maximum atomic E-state index is 11.2. The summed E-state index contributed by atoms with van der Waals surface area (Å²) in [5, 5.41) is 10.7. The molecule has 17 heavy (non-hydrogen) atoms. The van der Waals surface area contributed by atoms with Gasteiger partial charge >= 0.3 is 5.69 Å². The first kappa shape index (κ1) is 14.3. The molecule has 1 rings (SSSR count). The lowest BCUT2D eigenvalue weighted by molar-refractivity contribution is 0.433. The molecule has 0 fully saturated rings. The molecule has 2 N–H and O–H groups in total. The molecule has 98 valence electrons. The molecule has 0 aromatic carbocycles. The molecule has 1 unspecified atom stereocenters. The molecule has 1 heterocycles. The van der Waals surface area contributed by atoms with Crippen LogP contribution >= 0.6 is 11.8 Å². The van der Waals surface area contributed by atoms with E-state index in [9.17, 15) is 4.79 Å². The van der Waals surface area contributed by atoms with Gasteiger partial charge in [0.25, 0.3) is 0 Å². The quantitative estimate of drug-likeness (QED) is 0.722. The van der Waals surface area contributed by atoms with E-state index in [0.29, 0.717) is 12.0 Å². The van der Waals surface area contributed by atoms with Crippen LogP contribution in [0.15, 0.2) is 9.95 Å². The van der Waals surface area contributed by atoms with E-state index in [4.69, 9.17) is 0 Å². The highest BCUT2D eigenvalue weighted by Gasteiger charge is 2.14. The first-order valence-electron chi connectivity index (χ1n) is 6.03.